The Labute approximate surface area is 393 Å². The first-order valence-electron chi connectivity index (χ1n) is 26.3. The number of phosphoric acid groups is 1. The number of rotatable bonds is 50. The molecule has 0 saturated heterocycles. The Morgan fingerprint density at radius 1 is 0.500 bits per heavy atom. The molecule has 3 N–H and O–H groups in total. The molecule has 0 aromatic heterocycles. The molecule has 0 radical (unpaired) electrons. The molecule has 0 amide bonds. The van der Waals surface area contributed by atoms with Crippen LogP contribution in [-0.2, 0) is 27.9 Å². The summed E-state index contributed by atoms with van der Waals surface area (Å²) in [5.74, 6) is -0.389. The molecule has 0 heterocycles. The Morgan fingerprint density at radius 3 is 1.34 bits per heavy atom. The summed E-state index contributed by atoms with van der Waals surface area (Å²) < 4.78 is 33.5. The third-order valence-electron chi connectivity index (χ3n) is 11.2. The van der Waals surface area contributed by atoms with Gasteiger partial charge in [0.2, 0.25) is 0 Å². The number of allylic oxidation sites excluding steroid dienone is 10. The van der Waals surface area contributed by atoms with Gasteiger partial charge in [-0.25, -0.2) is 4.57 Å². The van der Waals surface area contributed by atoms with Gasteiger partial charge in [-0.3, -0.25) is 13.8 Å². The first-order valence-corrected chi connectivity index (χ1v) is 27.8. The van der Waals surface area contributed by atoms with Crippen LogP contribution < -0.4 is 0 Å². The Bertz CT molecular complexity index is 1180. The summed E-state index contributed by atoms with van der Waals surface area (Å²) in [5.41, 5.74) is 0. The Balaban J connectivity index is 4.09. The zero-order chi connectivity index (χ0) is 46.7. The number of phosphoric ester groups is 1. The van der Waals surface area contributed by atoms with E-state index in [-0.39, 0.29) is 25.6 Å². The minimum absolute atomic E-state index is 0.0322. The highest BCUT2D eigenvalue weighted by Gasteiger charge is 2.26. The first-order chi connectivity index (χ1) is 31.3. The summed E-state index contributed by atoms with van der Waals surface area (Å²) in [6.07, 6.45) is 60.5. The molecule has 9 nitrogen and oxygen atoms in total. The molecular formula is C54H99O9P. The highest BCUT2D eigenvalue weighted by atomic mass is 31.2. The van der Waals surface area contributed by atoms with Crippen molar-refractivity contribution in [2.75, 3.05) is 33.0 Å². The van der Waals surface area contributed by atoms with Crippen molar-refractivity contribution < 1.29 is 43.0 Å². The molecule has 0 aliphatic carbocycles. The SMILES string of the molecule is CC/C=C\C/C=C\C/C=C\C/C=C\C/C=C\CCCCCCOCC(COP(=O)(O)OCC(O)CO)OC(=O)CCCCCCCCCCCCCCCCCCCCCCCCC. The highest BCUT2D eigenvalue weighted by Crippen LogP contribution is 2.43. The van der Waals surface area contributed by atoms with E-state index in [9.17, 15) is 19.4 Å². The second-order valence-corrected chi connectivity index (χ2v) is 19.0. The van der Waals surface area contributed by atoms with Crippen molar-refractivity contribution in [3.05, 3.63) is 60.8 Å². The fraction of sp³-hybridized carbons (Fsp3) is 0.796. The number of hydrogen-bond donors (Lipinski definition) is 3. The van der Waals surface area contributed by atoms with Gasteiger partial charge < -0.3 is 24.6 Å². The van der Waals surface area contributed by atoms with Crippen molar-refractivity contribution >= 4 is 13.8 Å². The number of ether oxygens (including phenoxy) is 2. The van der Waals surface area contributed by atoms with Crippen LogP contribution in [0.5, 0.6) is 0 Å². The standard InChI is InChI=1S/C54H99O9P/c1-3-5-7-9-11-13-15-17-19-21-23-25-26-27-28-30-32-34-36-38-40-42-44-46-54(57)63-53(51-62-64(58,59)61-49-52(56)48-55)50-60-47-45-43-41-39-37-35-33-31-29-24-22-20-18-16-14-12-10-8-6-4-2/h6,8,12,14,18,20,24,29,33,35,52-53,55-56H,3-5,7,9-11,13,15-17,19,21-23,25-28,30-32,34,36-51H2,1-2H3,(H,58,59)/b8-6-,14-12-,20-18-,29-24-,35-33-. The minimum atomic E-state index is -4.53. The van der Waals surface area contributed by atoms with E-state index in [1.54, 1.807) is 0 Å². The molecule has 374 valence electrons. The lowest BCUT2D eigenvalue weighted by Gasteiger charge is -2.20. The van der Waals surface area contributed by atoms with E-state index in [2.05, 4.69) is 74.6 Å². The maximum Gasteiger partial charge on any atom is 0.472 e. The minimum Gasteiger partial charge on any atom is -0.457 e. The van der Waals surface area contributed by atoms with Crippen molar-refractivity contribution in [2.24, 2.45) is 0 Å². The number of carbonyl (C=O) groups excluding carboxylic acids is 1. The van der Waals surface area contributed by atoms with Gasteiger partial charge in [-0.05, 0) is 57.8 Å². The fourth-order valence-electron chi connectivity index (χ4n) is 7.27. The zero-order valence-corrected chi connectivity index (χ0v) is 42.1. The van der Waals surface area contributed by atoms with Gasteiger partial charge in [-0.2, -0.15) is 0 Å². The summed E-state index contributed by atoms with van der Waals surface area (Å²) in [4.78, 5) is 22.7. The van der Waals surface area contributed by atoms with Crippen LogP contribution >= 0.6 is 7.82 Å². The maximum atomic E-state index is 12.7. The van der Waals surface area contributed by atoms with E-state index >= 15 is 0 Å². The van der Waals surface area contributed by atoms with Crippen LogP contribution in [0.15, 0.2) is 60.8 Å². The zero-order valence-electron chi connectivity index (χ0n) is 41.2. The molecule has 0 bridgehead atoms. The lowest BCUT2D eigenvalue weighted by molar-refractivity contribution is -0.154. The number of esters is 1. The second kappa shape index (κ2) is 50.6. The van der Waals surface area contributed by atoms with Crippen LogP contribution in [0.1, 0.15) is 232 Å². The number of aliphatic hydroxyl groups is 2. The second-order valence-electron chi connectivity index (χ2n) is 17.5. The van der Waals surface area contributed by atoms with Crippen LogP contribution in [-0.4, -0.2) is 66.3 Å². The lowest BCUT2D eigenvalue weighted by atomic mass is 10.0. The molecule has 0 aromatic carbocycles. The summed E-state index contributed by atoms with van der Waals surface area (Å²) in [5, 5.41) is 18.4. The maximum absolute atomic E-state index is 12.7. The van der Waals surface area contributed by atoms with Crippen molar-refractivity contribution in [1.82, 2.24) is 0 Å². The first kappa shape index (κ1) is 62.2. The van der Waals surface area contributed by atoms with Crippen LogP contribution in [0.3, 0.4) is 0 Å². The van der Waals surface area contributed by atoms with Gasteiger partial charge in [0.1, 0.15) is 12.2 Å². The number of carbonyl (C=O) groups is 1. The molecule has 0 rings (SSSR count). The van der Waals surface area contributed by atoms with Crippen molar-refractivity contribution in [2.45, 2.75) is 244 Å². The van der Waals surface area contributed by atoms with Gasteiger partial charge in [-0.1, -0.05) is 229 Å². The van der Waals surface area contributed by atoms with E-state index in [1.807, 2.05) is 0 Å². The molecule has 64 heavy (non-hydrogen) atoms. The molecular weight excluding hydrogens is 824 g/mol. The molecule has 10 heteroatoms. The summed E-state index contributed by atoms with van der Waals surface area (Å²) >= 11 is 0. The average Bonchev–Trinajstić information content (AvgIpc) is 3.29. The quantitative estimate of drug-likeness (QED) is 0.0236. The molecule has 0 aromatic rings. The summed E-state index contributed by atoms with van der Waals surface area (Å²) in [7, 11) is -4.53. The Hall–Kier alpha value is -1.84. The number of aliphatic hydroxyl groups excluding tert-OH is 2. The molecule has 0 aliphatic rings. The fourth-order valence-corrected chi connectivity index (χ4v) is 8.06. The average molecular weight is 923 g/mol. The normalized spacial score (nSPS) is 14.3. The molecule has 0 spiro atoms. The van der Waals surface area contributed by atoms with E-state index in [0.29, 0.717) is 6.61 Å². The van der Waals surface area contributed by atoms with Gasteiger partial charge >= 0.3 is 13.8 Å². The third-order valence-corrected chi connectivity index (χ3v) is 12.2. The molecule has 0 aliphatic heterocycles. The Morgan fingerprint density at radius 2 is 0.891 bits per heavy atom. The molecule has 0 saturated carbocycles. The van der Waals surface area contributed by atoms with E-state index < -0.39 is 33.2 Å². The monoisotopic (exact) mass is 923 g/mol. The van der Waals surface area contributed by atoms with Gasteiger partial charge in [0.15, 0.2) is 0 Å². The molecule has 3 unspecified atom stereocenters. The van der Waals surface area contributed by atoms with Gasteiger partial charge in [-0.15, -0.1) is 0 Å². The third kappa shape index (κ3) is 49.6. The number of hydrogen-bond acceptors (Lipinski definition) is 8. The van der Waals surface area contributed by atoms with Gasteiger partial charge in [0, 0.05) is 13.0 Å². The summed E-state index contributed by atoms with van der Waals surface area (Å²) in [6.45, 7) is 3.38. The van der Waals surface area contributed by atoms with Crippen molar-refractivity contribution in [3.8, 4) is 0 Å². The molecule has 0 fully saturated rings. The van der Waals surface area contributed by atoms with Crippen LogP contribution in [0.25, 0.3) is 0 Å². The van der Waals surface area contributed by atoms with E-state index in [4.69, 9.17) is 23.6 Å². The van der Waals surface area contributed by atoms with Crippen LogP contribution in [0.4, 0.5) is 0 Å². The highest BCUT2D eigenvalue weighted by molar-refractivity contribution is 7.47. The smallest absolute Gasteiger partial charge is 0.457 e. The van der Waals surface area contributed by atoms with Crippen LogP contribution in [0.2, 0.25) is 0 Å². The topological polar surface area (TPSA) is 132 Å². The predicted octanol–water partition coefficient (Wildman–Crippen LogP) is 15.5. The number of unbranched alkanes of at least 4 members (excludes halogenated alkanes) is 26. The molecule has 3 atom stereocenters. The van der Waals surface area contributed by atoms with E-state index in [1.165, 1.54) is 128 Å². The summed E-state index contributed by atoms with van der Waals surface area (Å²) in [6, 6.07) is 0. The Kier molecular flexibility index (Phi) is 49.1. The largest absolute Gasteiger partial charge is 0.472 e. The van der Waals surface area contributed by atoms with Gasteiger partial charge in [0.25, 0.3) is 0 Å². The van der Waals surface area contributed by atoms with E-state index in [0.717, 1.165) is 83.5 Å². The van der Waals surface area contributed by atoms with Crippen molar-refractivity contribution in [3.63, 3.8) is 0 Å². The van der Waals surface area contributed by atoms with Gasteiger partial charge in [0.05, 0.1) is 26.4 Å². The van der Waals surface area contributed by atoms with Crippen LogP contribution in [0, 0.1) is 0 Å². The van der Waals surface area contributed by atoms with Crippen molar-refractivity contribution in [1.29, 1.82) is 0 Å². The predicted molar refractivity (Wildman–Crippen MR) is 270 cm³/mol. The lowest BCUT2D eigenvalue weighted by Crippen LogP contribution is -2.29.